The Morgan fingerprint density at radius 1 is 0.960 bits per heavy atom. The first kappa shape index (κ1) is 15.5. The van der Waals surface area contributed by atoms with Crippen molar-refractivity contribution in [2.45, 2.75) is 12.2 Å². The van der Waals surface area contributed by atoms with Gasteiger partial charge >= 0.3 is 6.92 Å². The van der Waals surface area contributed by atoms with E-state index in [9.17, 15) is 5.02 Å². The van der Waals surface area contributed by atoms with E-state index in [1.807, 2.05) is 36.4 Å². The molecule has 3 aromatic rings. The number of nitrogens with zero attached hydrogens (tertiary/aromatic N) is 1. The molecule has 0 radical (unpaired) electrons. The Morgan fingerprint density at radius 3 is 2.40 bits per heavy atom. The second-order valence-electron chi connectivity index (χ2n) is 6.24. The van der Waals surface area contributed by atoms with Crippen molar-refractivity contribution in [3.8, 4) is 17.6 Å². The standard InChI is InChI=1S/C21H16BNO2/c23-14-15-6-8-17(9-7-15)25-18-10-11-21-19(12-18)20(13-22(21)24)16-4-2-1-3-5-16/h1-12,20,24H,13H2. The molecule has 4 rings (SSSR count). The highest BCUT2D eigenvalue weighted by Gasteiger charge is 2.34. The summed E-state index contributed by atoms with van der Waals surface area (Å²) < 4.78 is 5.93. The van der Waals surface area contributed by atoms with Gasteiger partial charge in [0, 0.05) is 5.92 Å². The minimum Gasteiger partial charge on any atom is -0.457 e. The van der Waals surface area contributed by atoms with Crippen molar-refractivity contribution in [3.05, 3.63) is 89.5 Å². The molecule has 3 nitrogen and oxygen atoms in total. The van der Waals surface area contributed by atoms with Gasteiger partial charge in [-0.1, -0.05) is 36.4 Å². The zero-order valence-corrected chi connectivity index (χ0v) is 13.6. The lowest BCUT2D eigenvalue weighted by molar-refractivity contribution is 0.482. The van der Waals surface area contributed by atoms with Crippen LogP contribution in [0.4, 0.5) is 0 Å². The van der Waals surface area contributed by atoms with Crippen LogP contribution in [-0.2, 0) is 0 Å². The highest BCUT2D eigenvalue weighted by Crippen LogP contribution is 2.36. The number of fused-ring (bicyclic) bond motifs is 1. The van der Waals surface area contributed by atoms with Gasteiger partial charge in [0.1, 0.15) is 11.5 Å². The lowest BCUT2D eigenvalue weighted by Gasteiger charge is -2.14. The molecule has 1 aliphatic heterocycles. The Kier molecular flexibility index (Phi) is 4.01. The van der Waals surface area contributed by atoms with Gasteiger partial charge in [-0.2, -0.15) is 5.26 Å². The first-order valence-corrected chi connectivity index (χ1v) is 8.29. The van der Waals surface area contributed by atoms with Crippen LogP contribution >= 0.6 is 0 Å². The summed E-state index contributed by atoms with van der Waals surface area (Å²) in [5, 5.41) is 19.3. The van der Waals surface area contributed by atoms with Crippen LogP contribution in [0.2, 0.25) is 6.32 Å². The summed E-state index contributed by atoms with van der Waals surface area (Å²) >= 11 is 0. The molecule has 0 saturated carbocycles. The molecule has 1 heterocycles. The van der Waals surface area contributed by atoms with Crippen molar-refractivity contribution in [1.29, 1.82) is 5.26 Å². The van der Waals surface area contributed by atoms with Crippen LogP contribution in [0.25, 0.3) is 0 Å². The van der Waals surface area contributed by atoms with E-state index in [4.69, 9.17) is 10.00 Å². The fourth-order valence-corrected chi connectivity index (χ4v) is 3.43. The Hall–Kier alpha value is -3.03. The molecule has 1 unspecified atom stereocenters. The molecule has 0 aromatic heterocycles. The quantitative estimate of drug-likeness (QED) is 0.747. The predicted octanol–water partition coefficient (Wildman–Crippen LogP) is 3.69. The molecule has 1 aliphatic rings. The normalized spacial score (nSPS) is 15.5. The minimum absolute atomic E-state index is 0.177. The van der Waals surface area contributed by atoms with Crippen LogP contribution in [0.3, 0.4) is 0 Å². The maximum atomic E-state index is 10.4. The molecule has 120 valence electrons. The summed E-state index contributed by atoms with van der Waals surface area (Å²) in [7, 11) is 0. The van der Waals surface area contributed by atoms with Crippen molar-refractivity contribution in [2.75, 3.05) is 0 Å². The second kappa shape index (κ2) is 6.47. The van der Waals surface area contributed by atoms with Gasteiger partial charge in [-0.15, -0.1) is 0 Å². The highest BCUT2D eigenvalue weighted by molar-refractivity contribution is 6.68. The molecule has 4 heteroatoms. The number of ether oxygens (including phenoxy) is 1. The van der Waals surface area contributed by atoms with Crippen LogP contribution in [-0.4, -0.2) is 11.9 Å². The predicted molar refractivity (Wildman–Crippen MR) is 98.4 cm³/mol. The van der Waals surface area contributed by atoms with Crippen molar-refractivity contribution in [2.24, 2.45) is 0 Å². The fourth-order valence-electron chi connectivity index (χ4n) is 3.43. The van der Waals surface area contributed by atoms with E-state index in [0.29, 0.717) is 17.6 Å². The van der Waals surface area contributed by atoms with E-state index in [1.165, 1.54) is 5.56 Å². The number of hydrogen-bond donors (Lipinski definition) is 1. The summed E-state index contributed by atoms with van der Waals surface area (Å²) in [6.07, 6.45) is 0.694. The molecule has 0 fully saturated rings. The summed E-state index contributed by atoms with van der Waals surface area (Å²) in [5.41, 5.74) is 3.90. The second-order valence-corrected chi connectivity index (χ2v) is 6.24. The Bertz CT molecular complexity index is 932. The number of nitriles is 1. The van der Waals surface area contributed by atoms with Gasteiger partial charge in [-0.3, -0.25) is 0 Å². The van der Waals surface area contributed by atoms with Crippen LogP contribution in [0.15, 0.2) is 72.8 Å². The molecule has 0 saturated heterocycles. The van der Waals surface area contributed by atoms with Crippen LogP contribution in [0, 0.1) is 11.3 Å². The molecule has 1 N–H and O–H groups in total. The average molecular weight is 325 g/mol. The van der Waals surface area contributed by atoms with Crippen molar-refractivity contribution < 1.29 is 9.76 Å². The Balaban J connectivity index is 1.65. The van der Waals surface area contributed by atoms with Gasteiger partial charge < -0.3 is 9.76 Å². The van der Waals surface area contributed by atoms with Gasteiger partial charge in [0.2, 0.25) is 0 Å². The monoisotopic (exact) mass is 325 g/mol. The van der Waals surface area contributed by atoms with E-state index < -0.39 is 6.92 Å². The average Bonchev–Trinajstić information content (AvgIpc) is 2.99. The largest absolute Gasteiger partial charge is 0.457 e. The molecular weight excluding hydrogens is 309 g/mol. The van der Waals surface area contributed by atoms with Crippen molar-refractivity contribution in [1.82, 2.24) is 0 Å². The third-order valence-electron chi connectivity index (χ3n) is 4.67. The van der Waals surface area contributed by atoms with Gasteiger partial charge in [-0.05, 0) is 59.3 Å². The van der Waals surface area contributed by atoms with Crippen molar-refractivity contribution in [3.63, 3.8) is 0 Å². The zero-order valence-electron chi connectivity index (χ0n) is 13.6. The van der Waals surface area contributed by atoms with Gasteiger partial charge in [0.25, 0.3) is 0 Å². The molecule has 0 amide bonds. The molecule has 0 aliphatic carbocycles. The Labute approximate surface area is 147 Å². The minimum atomic E-state index is -0.441. The number of hydrogen-bond acceptors (Lipinski definition) is 3. The van der Waals surface area contributed by atoms with Crippen LogP contribution in [0.5, 0.6) is 11.5 Å². The number of benzene rings is 3. The first-order chi connectivity index (χ1) is 12.2. The molecule has 25 heavy (non-hydrogen) atoms. The summed E-state index contributed by atoms with van der Waals surface area (Å²) in [6.45, 7) is -0.441. The van der Waals surface area contributed by atoms with E-state index in [1.54, 1.807) is 24.3 Å². The van der Waals surface area contributed by atoms with Crippen LogP contribution < -0.4 is 10.2 Å². The fraction of sp³-hybridized carbons (Fsp3) is 0.0952. The van der Waals surface area contributed by atoms with Gasteiger partial charge in [0.15, 0.2) is 0 Å². The maximum Gasteiger partial charge on any atom is 0.324 e. The maximum absolute atomic E-state index is 10.4. The summed E-state index contributed by atoms with van der Waals surface area (Å²) in [6, 6.07) is 25.2. The Morgan fingerprint density at radius 2 is 1.68 bits per heavy atom. The lowest BCUT2D eigenvalue weighted by atomic mass is 9.62. The molecule has 3 aromatic carbocycles. The van der Waals surface area contributed by atoms with Gasteiger partial charge in [-0.25, -0.2) is 0 Å². The summed E-state index contributed by atoms with van der Waals surface area (Å²) in [5.74, 6) is 1.60. The molecule has 0 bridgehead atoms. The molecular formula is C21H16BNO2. The van der Waals surface area contributed by atoms with Gasteiger partial charge in [0.05, 0.1) is 11.6 Å². The molecule has 0 spiro atoms. The topological polar surface area (TPSA) is 53.2 Å². The SMILES string of the molecule is N#Cc1ccc(Oc2ccc3c(c2)C(c2ccccc2)CB3O)cc1. The van der Waals surface area contributed by atoms with E-state index in [0.717, 1.165) is 16.8 Å². The lowest BCUT2D eigenvalue weighted by Crippen LogP contribution is -2.25. The van der Waals surface area contributed by atoms with E-state index in [-0.39, 0.29) is 5.92 Å². The van der Waals surface area contributed by atoms with Crippen molar-refractivity contribution >= 4 is 12.4 Å². The number of rotatable bonds is 3. The first-order valence-electron chi connectivity index (χ1n) is 8.29. The summed E-state index contributed by atoms with van der Waals surface area (Å²) in [4.78, 5) is 0. The smallest absolute Gasteiger partial charge is 0.324 e. The van der Waals surface area contributed by atoms with E-state index in [2.05, 4.69) is 18.2 Å². The highest BCUT2D eigenvalue weighted by atomic mass is 16.5. The zero-order chi connectivity index (χ0) is 17.2. The van der Waals surface area contributed by atoms with Crippen LogP contribution in [0.1, 0.15) is 22.6 Å². The van der Waals surface area contributed by atoms with E-state index >= 15 is 0 Å². The third-order valence-corrected chi connectivity index (χ3v) is 4.67. The molecule has 1 atom stereocenters. The third kappa shape index (κ3) is 3.02.